The van der Waals surface area contributed by atoms with E-state index in [9.17, 15) is 4.79 Å². The van der Waals surface area contributed by atoms with Gasteiger partial charge < -0.3 is 15.2 Å². The molecule has 2 unspecified atom stereocenters. The first-order valence-electron chi connectivity index (χ1n) is 7.20. The second kappa shape index (κ2) is 6.49. The van der Waals surface area contributed by atoms with Gasteiger partial charge in [-0.2, -0.15) is 0 Å². The zero-order chi connectivity index (χ0) is 15.4. The van der Waals surface area contributed by atoms with Gasteiger partial charge in [0, 0.05) is 6.54 Å². The average molecular weight is 298 g/mol. The number of amides is 1. The second-order valence-electron chi connectivity index (χ2n) is 5.15. The molecule has 2 aromatic carbocycles. The highest BCUT2D eigenvalue weighted by Crippen LogP contribution is 2.30. The summed E-state index contributed by atoms with van der Waals surface area (Å²) in [5.41, 5.74) is 6.33. The van der Waals surface area contributed by atoms with Crippen LogP contribution in [0.1, 0.15) is 11.6 Å². The third-order valence-corrected chi connectivity index (χ3v) is 3.53. The van der Waals surface area contributed by atoms with Crippen LogP contribution in [0.2, 0.25) is 0 Å². The zero-order valence-electron chi connectivity index (χ0n) is 12.1. The number of nitrogens with one attached hydrogen (secondary N) is 1. The number of benzene rings is 2. The van der Waals surface area contributed by atoms with Crippen molar-refractivity contribution in [2.75, 3.05) is 13.2 Å². The Labute approximate surface area is 129 Å². The predicted molar refractivity (Wildman–Crippen MR) is 82.7 cm³/mol. The van der Waals surface area contributed by atoms with Gasteiger partial charge in [0.25, 0.3) is 0 Å². The van der Waals surface area contributed by atoms with E-state index < -0.39 is 11.9 Å². The summed E-state index contributed by atoms with van der Waals surface area (Å²) in [6.07, 6.45) is -0.166. The lowest BCUT2D eigenvalue weighted by atomic mass is 10.1. The summed E-state index contributed by atoms with van der Waals surface area (Å²) in [4.78, 5) is 11.7. The van der Waals surface area contributed by atoms with Gasteiger partial charge in [-0.05, 0) is 17.7 Å². The van der Waals surface area contributed by atoms with E-state index in [0.29, 0.717) is 13.2 Å². The largest absolute Gasteiger partial charge is 0.486 e. The maximum atomic E-state index is 11.7. The fourth-order valence-electron chi connectivity index (χ4n) is 2.44. The lowest BCUT2D eigenvalue weighted by Crippen LogP contribution is -2.43. The maximum absolute atomic E-state index is 11.7. The molecule has 22 heavy (non-hydrogen) atoms. The first kappa shape index (κ1) is 14.4. The van der Waals surface area contributed by atoms with Crippen molar-refractivity contribution in [3.63, 3.8) is 0 Å². The van der Waals surface area contributed by atoms with Crippen molar-refractivity contribution >= 4 is 5.91 Å². The number of hydrogen-bond acceptors (Lipinski definition) is 4. The van der Waals surface area contributed by atoms with E-state index in [2.05, 4.69) is 5.32 Å². The molecule has 114 valence electrons. The van der Waals surface area contributed by atoms with Crippen molar-refractivity contribution in [3.05, 3.63) is 60.2 Å². The first-order valence-corrected chi connectivity index (χ1v) is 7.20. The Morgan fingerprint density at radius 2 is 1.82 bits per heavy atom. The molecule has 2 aromatic rings. The minimum atomic E-state index is -0.540. The molecule has 0 aliphatic carbocycles. The summed E-state index contributed by atoms with van der Waals surface area (Å²) < 4.78 is 11.5. The molecule has 3 rings (SSSR count). The SMILES string of the molecule is NC(=O)C(NCC1COc2ccccc2O1)c1ccccc1. The second-order valence-corrected chi connectivity index (χ2v) is 5.15. The molecule has 0 saturated heterocycles. The summed E-state index contributed by atoms with van der Waals surface area (Å²) >= 11 is 0. The van der Waals surface area contributed by atoms with Crippen LogP contribution in [0.25, 0.3) is 0 Å². The van der Waals surface area contributed by atoms with Crippen molar-refractivity contribution in [1.82, 2.24) is 5.32 Å². The van der Waals surface area contributed by atoms with E-state index in [0.717, 1.165) is 17.1 Å². The molecule has 1 aliphatic heterocycles. The molecule has 0 bridgehead atoms. The topological polar surface area (TPSA) is 73.6 Å². The van der Waals surface area contributed by atoms with E-state index in [-0.39, 0.29) is 6.10 Å². The van der Waals surface area contributed by atoms with Gasteiger partial charge in [0.15, 0.2) is 11.5 Å². The van der Waals surface area contributed by atoms with Gasteiger partial charge in [0.1, 0.15) is 18.8 Å². The maximum Gasteiger partial charge on any atom is 0.239 e. The quantitative estimate of drug-likeness (QED) is 0.880. The number of carbonyl (C=O) groups excluding carboxylic acids is 1. The molecular formula is C17H18N2O3. The number of carbonyl (C=O) groups is 1. The summed E-state index contributed by atoms with van der Waals surface area (Å²) in [6.45, 7) is 0.904. The van der Waals surface area contributed by atoms with Gasteiger partial charge in [-0.3, -0.25) is 10.1 Å². The minimum Gasteiger partial charge on any atom is -0.486 e. The van der Waals surface area contributed by atoms with Crippen LogP contribution in [0.15, 0.2) is 54.6 Å². The van der Waals surface area contributed by atoms with Crippen LogP contribution in [0.4, 0.5) is 0 Å². The molecule has 2 atom stereocenters. The lowest BCUT2D eigenvalue weighted by molar-refractivity contribution is -0.120. The van der Waals surface area contributed by atoms with E-state index >= 15 is 0 Å². The van der Waals surface area contributed by atoms with Gasteiger partial charge in [-0.1, -0.05) is 42.5 Å². The number of nitrogens with two attached hydrogens (primary N) is 1. The van der Waals surface area contributed by atoms with Crippen LogP contribution < -0.4 is 20.5 Å². The molecule has 3 N–H and O–H groups in total. The monoisotopic (exact) mass is 298 g/mol. The third kappa shape index (κ3) is 3.20. The molecule has 0 saturated carbocycles. The molecule has 1 aliphatic rings. The molecule has 1 amide bonds. The molecular weight excluding hydrogens is 280 g/mol. The summed E-state index contributed by atoms with van der Waals surface area (Å²) in [6, 6.07) is 16.4. The van der Waals surface area contributed by atoms with Crippen LogP contribution in [-0.4, -0.2) is 25.2 Å². The van der Waals surface area contributed by atoms with Crippen LogP contribution in [0.5, 0.6) is 11.5 Å². The summed E-state index contributed by atoms with van der Waals surface area (Å²) in [5.74, 6) is 1.05. The highest BCUT2D eigenvalue weighted by Gasteiger charge is 2.23. The van der Waals surface area contributed by atoms with Crippen molar-refractivity contribution in [3.8, 4) is 11.5 Å². The van der Waals surface area contributed by atoms with Gasteiger partial charge in [0.05, 0.1) is 0 Å². The normalized spacial score (nSPS) is 17.7. The van der Waals surface area contributed by atoms with Crippen molar-refractivity contribution < 1.29 is 14.3 Å². The number of para-hydroxylation sites is 2. The number of hydrogen-bond donors (Lipinski definition) is 2. The molecule has 5 heteroatoms. The molecule has 0 aromatic heterocycles. The Kier molecular flexibility index (Phi) is 4.25. The Bertz CT molecular complexity index is 645. The van der Waals surface area contributed by atoms with Crippen LogP contribution in [0.3, 0.4) is 0 Å². The Balaban J connectivity index is 1.63. The third-order valence-electron chi connectivity index (χ3n) is 3.53. The van der Waals surface area contributed by atoms with Crippen molar-refractivity contribution in [2.45, 2.75) is 12.1 Å². The Morgan fingerprint density at radius 1 is 1.14 bits per heavy atom. The standard InChI is InChI=1S/C17H18N2O3/c18-17(20)16(12-6-2-1-3-7-12)19-10-13-11-21-14-8-4-5-9-15(14)22-13/h1-9,13,16,19H,10-11H2,(H2,18,20). The lowest BCUT2D eigenvalue weighted by Gasteiger charge is -2.28. The van der Waals surface area contributed by atoms with Gasteiger partial charge in [0.2, 0.25) is 5.91 Å². The molecule has 0 spiro atoms. The van der Waals surface area contributed by atoms with Gasteiger partial charge in [-0.25, -0.2) is 0 Å². The molecule has 0 radical (unpaired) electrons. The fourth-order valence-corrected chi connectivity index (χ4v) is 2.44. The van der Waals surface area contributed by atoms with E-state index in [1.54, 1.807) is 0 Å². The zero-order valence-corrected chi connectivity index (χ0v) is 12.1. The number of fused-ring (bicyclic) bond motifs is 1. The molecule has 5 nitrogen and oxygen atoms in total. The van der Waals surface area contributed by atoms with E-state index in [4.69, 9.17) is 15.2 Å². The summed E-state index contributed by atoms with van der Waals surface area (Å²) in [7, 11) is 0. The molecule has 1 heterocycles. The Hall–Kier alpha value is -2.53. The fraction of sp³-hybridized carbons (Fsp3) is 0.235. The highest BCUT2D eigenvalue weighted by atomic mass is 16.6. The molecule has 0 fully saturated rings. The van der Waals surface area contributed by atoms with Crippen LogP contribution in [-0.2, 0) is 4.79 Å². The number of rotatable bonds is 5. The Morgan fingerprint density at radius 3 is 2.55 bits per heavy atom. The number of primary amides is 1. The van der Waals surface area contributed by atoms with Crippen molar-refractivity contribution in [2.24, 2.45) is 5.73 Å². The van der Waals surface area contributed by atoms with E-state index in [1.165, 1.54) is 0 Å². The van der Waals surface area contributed by atoms with E-state index in [1.807, 2.05) is 54.6 Å². The van der Waals surface area contributed by atoms with Gasteiger partial charge >= 0.3 is 0 Å². The highest BCUT2D eigenvalue weighted by molar-refractivity contribution is 5.81. The van der Waals surface area contributed by atoms with Crippen LogP contribution in [0, 0.1) is 0 Å². The first-order chi connectivity index (χ1) is 10.7. The van der Waals surface area contributed by atoms with Crippen LogP contribution >= 0.6 is 0 Å². The average Bonchev–Trinajstić information content (AvgIpc) is 2.55. The smallest absolute Gasteiger partial charge is 0.239 e. The minimum absolute atomic E-state index is 0.166. The predicted octanol–water partition coefficient (Wildman–Crippen LogP) is 1.64. The summed E-state index contributed by atoms with van der Waals surface area (Å²) in [5, 5.41) is 3.16. The number of ether oxygens (including phenoxy) is 2. The van der Waals surface area contributed by atoms with Crippen molar-refractivity contribution in [1.29, 1.82) is 0 Å². The van der Waals surface area contributed by atoms with Gasteiger partial charge in [-0.15, -0.1) is 0 Å².